The summed E-state index contributed by atoms with van der Waals surface area (Å²) in [5.41, 5.74) is 1.56. The van der Waals surface area contributed by atoms with Gasteiger partial charge in [0.2, 0.25) is 0 Å². The number of aryl methyl sites for hydroxylation is 1. The molecule has 1 aromatic heterocycles. The molecule has 1 N–H and O–H groups in total. The largest absolute Gasteiger partial charge is 0.487 e. The highest BCUT2D eigenvalue weighted by Crippen LogP contribution is 2.24. The number of benzene rings is 1. The van der Waals surface area contributed by atoms with Crippen LogP contribution in [-0.2, 0) is 13.2 Å². The Morgan fingerprint density at radius 3 is 2.95 bits per heavy atom. The maximum absolute atomic E-state index is 13.3. The first kappa shape index (κ1) is 13.1. The van der Waals surface area contributed by atoms with E-state index in [0.717, 1.165) is 17.0 Å². The number of ether oxygens (including phenoxy) is 1. The maximum atomic E-state index is 13.3. The van der Waals surface area contributed by atoms with Crippen LogP contribution in [0, 0.1) is 12.7 Å². The standard InChI is InChI=1S/C15H17FN2O2/c1-10-6-14(18-20-10)9-19-15-5-2-12(16)7-11(15)8-17-13-3-4-13/h2,5-7,13,17H,3-4,8-9H2,1H3. The normalized spacial score (nSPS) is 14.5. The van der Waals surface area contributed by atoms with Gasteiger partial charge < -0.3 is 14.6 Å². The highest BCUT2D eigenvalue weighted by Gasteiger charge is 2.20. The first-order valence-electron chi connectivity index (χ1n) is 6.77. The molecule has 4 nitrogen and oxygen atoms in total. The Labute approximate surface area is 116 Å². The molecule has 3 rings (SSSR count). The van der Waals surface area contributed by atoms with Crippen molar-refractivity contribution >= 4 is 0 Å². The fourth-order valence-electron chi connectivity index (χ4n) is 2.01. The van der Waals surface area contributed by atoms with Crippen LogP contribution < -0.4 is 10.1 Å². The van der Waals surface area contributed by atoms with Crippen LogP contribution >= 0.6 is 0 Å². The van der Waals surface area contributed by atoms with Crippen molar-refractivity contribution in [1.82, 2.24) is 10.5 Å². The van der Waals surface area contributed by atoms with Crippen molar-refractivity contribution in [3.05, 3.63) is 47.1 Å². The van der Waals surface area contributed by atoms with Gasteiger partial charge in [-0.3, -0.25) is 0 Å². The summed E-state index contributed by atoms with van der Waals surface area (Å²) in [6, 6.07) is 6.98. The zero-order valence-corrected chi connectivity index (χ0v) is 11.4. The minimum absolute atomic E-state index is 0.248. The molecule has 1 heterocycles. The third-order valence-electron chi connectivity index (χ3n) is 3.23. The minimum Gasteiger partial charge on any atom is -0.487 e. The van der Waals surface area contributed by atoms with Crippen LogP contribution in [-0.4, -0.2) is 11.2 Å². The van der Waals surface area contributed by atoms with Crippen LogP contribution in [0.2, 0.25) is 0 Å². The van der Waals surface area contributed by atoms with Crippen LogP contribution in [0.5, 0.6) is 5.75 Å². The second kappa shape index (κ2) is 5.63. The minimum atomic E-state index is -0.248. The van der Waals surface area contributed by atoms with Crippen LogP contribution in [0.4, 0.5) is 4.39 Å². The lowest BCUT2D eigenvalue weighted by Crippen LogP contribution is -2.16. The fraction of sp³-hybridized carbons (Fsp3) is 0.400. The van der Waals surface area contributed by atoms with Gasteiger partial charge >= 0.3 is 0 Å². The summed E-state index contributed by atoms with van der Waals surface area (Å²) >= 11 is 0. The molecule has 1 aromatic carbocycles. The van der Waals surface area contributed by atoms with Crippen LogP contribution in [0.15, 0.2) is 28.8 Å². The number of nitrogens with one attached hydrogen (secondary N) is 1. The van der Waals surface area contributed by atoms with E-state index in [2.05, 4.69) is 10.5 Å². The average molecular weight is 276 g/mol. The topological polar surface area (TPSA) is 47.3 Å². The van der Waals surface area contributed by atoms with E-state index < -0.39 is 0 Å². The number of rotatable bonds is 6. The van der Waals surface area contributed by atoms with Crippen LogP contribution in [0.25, 0.3) is 0 Å². The number of nitrogens with zero attached hydrogens (tertiary/aromatic N) is 1. The smallest absolute Gasteiger partial charge is 0.134 e. The second-order valence-electron chi connectivity index (χ2n) is 5.12. The lowest BCUT2D eigenvalue weighted by Gasteiger charge is -2.11. The lowest BCUT2D eigenvalue weighted by atomic mass is 10.2. The van der Waals surface area contributed by atoms with Gasteiger partial charge in [0.15, 0.2) is 0 Å². The molecule has 0 bridgehead atoms. The Kier molecular flexibility index (Phi) is 3.69. The second-order valence-corrected chi connectivity index (χ2v) is 5.12. The highest BCUT2D eigenvalue weighted by molar-refractivity contribution is 5.34. The van der Waals surface area contributed by atoms with Crippen molar-refractivity contribution in [2.24, 2.45) is 0 Å². The van der Waals surface area contributed by atoms with Gasteiger partial charge in [0.25, 0.3) is 0 Å². The zero-order valence-electron chi connectivity index (χ0n) is 11.4. The molecule has 0 spiro atoms. The number of halogens is 1. The molecule has 2 aromatic rings. The van der Waals surface area contributed by atoms with Crippen molar-refractivity contribution in [3.8, 4) is 5.75 Å². The van der Waals surface area contributed by atoms with Gasteiger partial charge in [-0.15, -0.1) is 0 Å². The predicted molar refractivity (Wildman–Crippen MR) is 71.8 cm³/mol. The molecular weight excluding hydrogens is 259 g/mol. The molecule has 0 unspecified atom stereocenters. The Morgan fingerprint density at radius 1 is 1.40 bits per heavy atom. The summed E-state index contributed by atoms with van der Waals surface area (Å²) in [4.78, 5) is 0. The summed E-state index contributed by atoms with van der Waals surface area (Å²) in [7, 11) is 0. The molecule has 0 atom stereocenters. The van der Waals surface area contributed by atoms with E-state index in [1.807, 2.05) is 13.0 Å². The van der Waals surface area contributed by atoms with E-state index in [0.29, 0.717) is 24.9 Å². The molecule has 20 heavy (non-hydrogen) atoms. The summed E-state index contributed by atoms with van der Waals surface area (Å²) < 4.78 is 24.0. The molecule has 1 aliphatic rings. The SMILES string of the molecule is Cc1cc(COc2ccc(F)cc2CNC2CC2)no1. The van der Waals surface area contributed by atoms with E-state index >= 15 is 0 Å². The van der Waals surface area contributed by atoms with Gasteiger partial charge in [0, 0.05) is 24.2 Å². The number of hydrogen-bond donors (Lipinski definition) is 1. The molecule has 0 radical (unpaired) electrons. The molecule has 1 fully saturated rings. The third kappa shape index (κ3) is 3.36. The van der Waals surface area contributed by atoms with Crippen molar-refractivity contribution in [3.63, 3.8) is 0 Å². The maximum Gasteiger partial charge on any atom is 0.134 e. The van der Waals surface area contributed by atoms with Crippen molar-refractivity contribution < 1.29 is 13.7 Å². The Morgan fingerprint density at radius 2 is 2.25 bits per heavy atom. The first-order chi connectivity index (χ1) is 9.70. The third-order valence-corrected chi connectivity index (χ3v) is 3.23. The number of aromatic nitrogens is 1. The van der Waals surface area contributed by atoms with Crippen LogP contribution in [0.3, 0.4) is 0 Å². The quantitative estimate of drug-likeness (QED) is 0.881. The van der Waals surface area contributed by atoms with E-state index in [-0.39, 0.29) is 5.82 Å². The summed E-state index contributed by atoms with van der Waals surface area (Å²) in [5.74, 6) is 1.18. The highest BCUT2D eigenvalue weighted by atomic mass is 19.1. The molecule has 1 saturated carbocycles. The molecule has 0 saturated heterocycles. The lowest BCUT2D eigenvalue weighted by molar-refractivity contribution is 0.284. The molecule has 0 aliphatic heterocycles. The zero-order chi connectivity index (χ0) is 13.9. The Balaban J connectivity index is 1.66. The van der Waals surface area contributed by atoms with Gasteiger partial charge in [0.05, 0.1) is 0 Å². The van der Waals surface area contributed by atoms with E-state index in [1.165, 1.54) is 25.0 Å². The first-order valence-corrected chi connectivity index (χ1v) is 6.77. The van der Waals surface area contributed by atoms with Crippen molar-refractivity contribution in [2.45, 2.75) is 39.0 Å². The van der Waals surface area contributed by atoms with Gasteiger partial charge in [-0.05, 0) is 38.0 Å². The summed E-state index contributed by atoms with van der Waals surface area (Å²) in [5, 5.41) is 7.23. The van der Waals surface area contributed by atoms with E-state index in [1.54, 1.807) is 6.07 Å². The predicted octanol–water partition coefficient (Wildman–Crippen LogP) is 2.95. The molecule has 106 valence electrons. The molecule has 5 heteroatoms. The molecule has 0 amide bonds. The Bertz CT molecular complexity index is 593. The summed E-state index contributed by atoms with van der Waals surface area (Å²) in [6.07, 6.45) is 2.40. The molecular formula is C15H17FN2O2. The van der Waals surface area contributed by atoms with Gasteiger partial charge in [-0.25, -0.2) is 4.39 Å². The fourth-order valence-corrected chi connectivity index (χ4v) is 2.01. The molecule has 1 aliphatic carbocycles. The van der Waals surface area contributed by atoms with E-state index in [4.69, 9.17) is 9.26 Å². The van der Waals surface area contributed by atoms with Crippen molar-refractivity contribution in [2.75, 3.05) is 0 Å². The van der Waals surface area contributed by atoms with Gasteiger partial charge in [-0.2, -0.15) is 0 Å². The van der Waals surface area contributed by atoms with Gasteiger partial charge in [-0.1, -0.05) is 5.16 Å². The monoisotopic (exact) mass is 276 g/mol. The van der Waals surface area contributed by atoms with Crippen LogP contribution in [0.1, 0.15) is 29.9 Å². The average Bonchev–Trinajstić information content (AvgIpc) is 3.17. The van der Waals surface area contributed by atoms with Gasteiger partial charge in [0.1, 0.15) is 29.6 Å². The van der Waals surface area contributed by atoms with Crippen molar-refractivity contribution in [1.29, 1.82) is 0 Å². The number of hydrogen-bond acceptors (Lipinski definition) is 4. The Hall–Kier alpha value is -1.88. The van der Waals surface area contributed by atoms with E-state index in [9.17, 15) is 4.39 Å². The summed E-state index contributed by atoms with van der Waals surface area (Å²) in [6.45, 7) is 2.77.